The van der Waals surface area contributed by atoms with Crippen LogP contribution >= 0.6 is 0 Å². The molecule has 18 heavy (non-hydrogen) atoms. The molecule has 0 spiro atoms. The smallest absolute Gasteiger partial charge is 0.283 e. The highest BCUT2D eigenvalue weighted by Crippen LogP contribution is 2.19. The Balaban J connectivity index is 2.22. The van der Waals surface area contributed by atoms with Gasteiger partial charge in [0.15, 0.2) is 0 Å². The van der Waals surface area contributed by atoms with Gasteiger partial charge in [-0.15, -0.1) is 0 Å². The van der Waals surface area contributed by atoms with E-state index < -0.39 is 28.1 Å². The summed E-state index contributed by atoms with van der Waals surface area (Å²) < 4.78 is 27.1. The lowest BCUT2D eigenvalue weighted by Crippen LogP contribution is -2.61. The molecule has 0 bridgehead atoms. The molecule has 7 nitrogen and oxygen atoms in total. The minimum Gasteiger partial charge on any atom is -0.294 e. The van der Waals surface area contributed by atoms with Crippen molar-refractivity contribution in [2.45, 2.75) is 32.2 Å². The van der Waals surface area contributed by atoms with E-state index in [1.54, 1.807) is 0 Å². The third kappa shape index (κ3) is 2.40. The molecule has 8 heteroatoms. The molecule has 0 radical (unpaired) electrons. The van der Waals surface area contributed by atoms with E-state index in [0.717, 1.165) is 23.6 Å². The SMILES string of the molecule is CC1C(=O)NC(=O)CN1S(=O)(=O)N1CCCCC1. The Kier molecular flexibility index (Phi) is 3.69. The number of carbonyl (C=O) groups is 2. The van der Waals surface area contributed by atoms with Crippen molar-refractivity contribution >= 4 is 22.0 Å². The number of imide groups is 1. The van der Waals surface area contributed by atoms with Crippen molar-refractivity contribution in [3.63, 3.8) is 0 Å². The Morgan fingerprint density at radius 3 is 2.39 bits per heavy atom. The zero-order chi connectivity index (χ0) is 13.3. The van der Waals surface area contributed by atoms with Crippen LogP contribution in [0.1, 0.15) is 26.2 Å². The van der Waals surface area contributed by atoms with Gasteiger partial charge < -0.3 is 0 Å². The van der Waals surface area contributed by atoms with E-state index in [0.29, 0.717) is 13.1 Å². The van der Waals surface area contributed by atoms with Crippen molar-refractivity contribution in [2.24, 2.45) is 0 Å². The molecule has 2 amide bonds. The van der Waals surface area contributed by atoms with Crippen molar-refractivity contribution in [3.8, 4) is 0 Å². The molecule has 1 atom stereocenters. The number of carbonyl (C=O) groups excluding carboxylic acids is 2. The minimum atomic E-state index is -3.72. The first kappa shape index (κ1) is 13.4. The molecule has 2 rings (SSSR count). The average molecular weight is 275 g/mol. The highest BCUT2D eigenvalue weighted by molar-refractivity contribution is 7.86. The van der Waals surface area contributed by atoms with Crippen LogP contribution in [0.15, 0.2) is 0 Å². The highest BCUT2D eigenvalue weighted by atomic mass is 32.2. The third-order valence-corrected chi connectivity index (χ3v) is 5.37. The van der Waals surface area contributed by atoms with E-state index in [2.05, 4.69) is 5.32 Å². The molecule has 1 unspecified atom stereocenters. The maximum atomic E-state index is 12.4. The van der Waals surface area contributed by atoms with Gasteiger partial charge >= 0.3 is 0 Å². The second-order valence-corrected chi connectivity index (χ2v) is 6.48. The predicted molar refractivity (Wildman–Crippen MR) is 63.7 cm³/mol. The lowest BCUT2D eigenvalue weighted by molar-refractivity contribution is -0.136. The number of nitrogens with zero attached hydrogens (tertiary/aromatic N) is 2. The van der Waals surface area contributed by atoms with Crippen LogP contribution < -0.4 is 5.32 Å². The van der Waals surface area contributed by atoms with Crippen molar-refractivity contribution in [1.82, 2.24) is 13.9 Å². The van der Waals surface area contributed by atoms with Gasteiger partial charge in [0.05, 0.1) is 6.54 Å². The maximum Gasteiger partial charge on any atom is 0.283 e. The largest absolute Gasteiger partial charge is 0.294 e. The van der Waals surface area contributed by atoms with Crippen LogP contribution in [0, 0.1) is 0 Å². The van der Waals surface area contributed by atoms with Crippen LogP contribution in [0.2, 0.25) is 0 Å². The molecule has 0 saturated carbocycles. The summed E-state index contributed by atoms with van der Waals surface area (Å²) in [5, 5.41) is 2.13. The first-order valence-electron chi connectivity index (χ1n) is 6.03. The summed E-state index contributed by atoms with van der Waals surface area (Å²) in [5.74, 6) is -1.13. The molecular formula is C10H17N3O4S. The van der Waals surface area contributed by atoms with Crippen molar-refractivity contribution in [1.29, 1.82) is 0 Å². The van der Waals surface area contributed by atoms with Crippen LogP contribution in [-0.4, -0.2) is 54.5 Å². The molecule has 0 aromatic rings. The Bertz CT molecular complexity index is 456. The number of nitrogens with one attached hydrogen (secondary N) is 1. The fraction of sp³-hybridized carbons (Fsp3) is 0.800. The Morgan fingerprint density at radius 2 is 1.78 bits per heavy atom. The minimum absolute atomic E-state index is 0.286. The molecule has 2 fully saturated rings. The number of piperazine rings is 1. The number of hydrogen-bond donors (Lipinski definition) is 1. The highest BCUT2D eigenvalue weighted by Gasteiger charge is 2.41. The first-order chi connectivity index (χ1) is 8.43. The Labute approximate surface area is 106 Å². The van der Waals surface area contributed by atoms with E-state index in [1.807, 2.05) is 0 Å². The average Bonchev–Trinajstić information content (AvgIpc) is 2.34. The number of amides is 2. The molecule has 0 aromatic carbocycles. The van der Waals surface area contributed by atoms with Gasteiger partial charge in [0.1, 0.15) is 6.04 Å². The molecule has 2 aliphatic rings. The number of piperidine rings is 1. The van der Waals surface area contributed by atoms with Crippen LogP contribution in [0.4, 0.5) is 0 Å². The summed E-state index contributed by atoms with van der Waals surface area (Å²) in [6.07, 6.45) is 2.66. The topological polar surface area (TPSA) is 86.8 Å². The second-order valence-electron chi connectivity index (χ2n) is 4.60. The molecule has 0 aromatic heterocycles. The maximum absolute atomic E-state index is 12.4. The third-order valence-electron chi connectivity index (χ3n) is 3.31. The predicted octanol–water partition coefficient (Wildman–Crippen LogP) is -0.936. The van der Waals surface area contributed by atoms with Gasteiger partial charge in [-0.1, -0.05) is 6.42 Å². The van der Waals surface area contributed by atoms with Gasteiger partial charge in [-0.25, -0.2) is 0 Å². The van der Waals surface area contributed by atoms with E-state index in [9.17, 15) is 18.0 Å². The van der Waals surface area contributed by atoms with Gasteiger partial charge in [-0.3, -0.25) is 14.9 Å². The van der Waals surface area contributed by atoms with Crippen LogP contribution in [0.5, 0.6) is 0 Å². The van der Waals surface area contributed by atoms with Gasteiger partial charge in [0.25, 0.3) is 10.2 Å². The monoisotopic (exact) mass is 275 g/mol. The van der Waals surface area contributed by atoms with Gasteiger partial charge in [-0.2, -0.15) is 17.0 Å². The summed E-state index contributed by atoms with van der Waals surface area (Å²) >= 11 is 0. The molecule has 2 aliphatic heterocycles. The van der Waals surface area contributed by atoms with Crippen molar-refractivity contribution in [3.05, 3.63) is 0 Å². The van der Waals surface area contributed by atoms with Crippen LogP contribution in [0.3, 0.4) is 0 Å². The van der Waals surface area contributed by atoms with Crippen LogP contribution in [0.25, 0.3) is 0 Å². The summed E-state index contributed by atoms with van der Waals surface area (Å²) in [6.45, 7) is 2.12. The normalized spacial score (nSPS) is 28.2. The zero-order valence-corrected chi connectivity index (χ0v) is 11.1. The molecular weight excluding hydrogens is 258 g/mol. The molecule has 2 heterocycles. The molecule has 1 N–H and O–H groups in total. The standard InChI is InChI=1S/C10H17N3O4S/c1-8-10(15)11-9(14)7-13(8)18(16,17)12-5-3-2-4-6-12/h8H,2-7H2,1H3,(H,11,14,15). The van der Waals surface area contributed by atoms with Gasteiger partial charge in [0.2, 0.25) is 11.8 Å². The van der Waals surface area contributed by atoms with Gasteiger partial charge in [-0.05, 0) is 19.8 Å². The summed E-state index contributed by atoms with van der Waals surface area (Å²) in [5.41, 5.74) is 0. The quantitative estimate of drug-likeness (QED) is 0.659. The van der Waals surface area contributed by atoms with E-state index in [4.69, 9.17) is 0 Å². The first-order valence-corrected chi connectivity index (χ1v) is 7.43. The Morgan fingerprint density at radius 1 is 1.17 bits per heavy atom. The van der Waals surface area contributed by atoms with E-state index in [1.165, 1.54) is 11.2 Å². The van der Waals surface area contributed by atoms with E-state index in [-0.39, 0.29) is 6.54 Å². The number of hydrogen-bond acceptors (Lipinski definition) is 4. The fourth-order valence-electron chi connectivity index (χ4n) is 2.22. The molecule has 102 valence electrons. The summed E-state index contributed by atoms with van der Waals surface area (Å²) in [7, 11) is -3.72. The fourth-order valence-corrected chi connectivity index (χ4v) is 4.01. The lowest BCUT2D eigenvalue weighted by atomic mass is 10.2. The molecule has 2 saturated heterocycles. The lowest BCUT2D eigenvalue weighted by Gasteiger charge is -2.36. The number of rotatable bonds is 2. The summed E-state index contributed by atoms with van der Waals surface area (Å²) in [6, 6.07) is -0.838. The summed E-state index contributed by atoms with van der Waals surface area (Å²) in [4.78, 5) is 22.8. The van der Waals surface area contributed by atoms with Crippen LogP contribution in [-0.2, 0) is 19.8 Å². The van der Waals surface area contributed by atoms with Crippen molar-refractivity contribution < 1.29 is 18.0 Å². The van der Waals surface area contributed by atoms with Gasteiger partial charge in [0, 0.05) is 13.1 Å². The van der Waals surface area contributed by atoms with Crippen molar-refractivity contribution in [2.75, 3.05) is 19.6 Å². The second kappa shape index (κ2) is 4.94. The Hall–Kier alpha value is -0.990. The zero-order valence-electron chi connectivity index (χ0n) is 10.3. The molecule has 0 aliphatic carbocycles. The van der Waals surface area contributed by atoms with E-state index >= 15 is 0 Å².